The highest BCUT2D eigenvalue weighted by Crippen LogP contribution is 2.22. The van der Waals surface area contributed by atoms with E-state index in [4.69, 9.17) is 0 Å². The standard InChI is InChI=1S/C13H9FN2O2/c14-10-7-4-8-11(16-18)12(10)13(17)15-9-5-2-1-3-6-9/h1-8H,(H,15,17). The van der Waals surface area contributed by atoms with Crippen LogP contribution in [-0.4, -0.2) is 5.91 Å². The summed E-state index contributed by atoms with van der Waals surface area (Å²) in [5, 5.41) is 5.14. The average Bonchev–Trinajstić information content (AvgIpc) is 2.39. The van der Waals surface area contributed by atoms with E-state index >= 15 is 0 Å². The molecule has 1 N–H and O–H groups in total. The minimum absolute atomic E-state index is 0.219. The Morgan fingerprint density at radius 3 is 2.44 bits per heavy atom. The third-order valence-electron chi connectivity index (χ3n) is 2.35. The highest BCUT2D eigenvalue weighted by molar-refractivity contribution is 6.07. The molecule has 0 aromatic heterocycles. The first kappa shape index (κ1) is 11.9. The summed E-state index contributed by atoms with van der Waals surface area (Å²) in [6.07, 6.45) is 0. The Hall–Kier alpha value is -2.56. The molecule has 5 heteroatoms. The van der Waals surface area contributed by atoms with Crippen LogP contribution in [0.3, 0.4) is 0 Å². The van der Waals surface area contributed by atoms with Crippen molar-refractivity contribution in [1.82, 2.24) is 0 Å². The lowest BCUT2D eigenvalue weighted by Crippen LogP contribution is -2.13. The first-order valence-electron chi connectivity index (χ1n) is 5.20. The molecule has 0 heterocycles. The minimum Gasteiger partial charge on any atom is -0.322 e. The summed E-state index contributed by atoms with van der Waals surface area (Å²) in [7, 11) is 0. The molecule has 0 spiro atoms. The summed E-state index contributed by atoms with van der Waals surface area (Å²) in [6.45, 7) is 0. The zero-order valence-corrected chi connectivity index (χ0v) is 9.26. The van der Waals surface area contributed by atoms with E-state index in [1.54, 1.807) is 30.3 Å². The van der Waals surface area contributed by atoms with E-state index in [1.165, 1.54) is 12.1 Å². The first-order valence-corrected chi connectivity index (χ1v) is 5.20. The zero-order valence-electron chi connectivity index (χ0n) is 9.26. The topological polar surface area (TPSA) is 58.5 Å². The number of carbonyl (C=O) groups is 1. The summed E-state index contributed by atoms with van der Waals surface area (Å²) >= 11 is 0. The van der Waals surface area contributed by atoms with Gasteiger partial charge in [-0.2, -0.15) is 0 Å². The molecule has 0 aliphatic rings. The van der Waals surface area contributed by atoms with Crippen LogP contribution in [0.2, 0.25) is 0 Å². The van der Waals surface area contributed by atoms with Crippen molar-refractivity contribution in [2.75, 3.05) is 5.32 Å². The summed E-state index contributed by atoms with van der Waals surface area (Å²) in [5.41, 5.74) is -0.0533. The van der Waals surface area contributed by atoms with Crippen LogP contribution in [-0.2, 0) is 0 Å². The maximum atomic E-state index is 13.5. The molecule has 0 aliphatic heterocycles. The Morgan fingerprint density at radius 2 is 1.78 bits per heavy atom. The number of para-hydroxylation sites is 1. The number of nitrogens with one attached hydrogen (secondary N) is 1. The summed E-state index contributed by atoms with van der Waals surface area (Å²) in [4.78, 5) is 22.4. The number of carbonyl (C=O) groups excluding carboxylic acids is 1. The molecule has 4 nitrogen and oxygen atoms in total. The predicted molar refractivity (Wildman–Crippen MR) is 66.3 cm³/mol. The van der Waals surface area contributed by atoms with Crippen molar-refractivity contribution in [2.45, 2.75) is 0 Å². The van der Waals surface area contributed by atoms with Crippen LogP contribution >= 0.6 is 0 Å². The predicted octanol–water partition coefficient (Wildman–Crippen LogP) is 3.48. The number of nitroso groups, excluding NO2 is 1. The normalized spacial score (nSPS) is 9.83. The average molecular weight is 244 g/mol. The number of hydrogen-bond donors (Lipinski definition) is 1. The van der Waals surface area contributed by atoms with E-state index < -0.39 is 11.7 Å². The monoisotopic (exact) mass is 244 g/mol. The highest BCUT2D eigenvalue weighted by atomic mass is 19.1. The molecule has 2 aromatic carbocycles. The maximum Gasteiger partial charge on any atom is 0.260 e. The van der Waals surface area contributed by atoms with Crippen LogP contribution in [0.15, 0.2) is 53.7 Å². The van der Waals surface area contributed by atoms with E-state index in [-0.39, 0.29) is 11.3 Å². The van der Waals surface area contributed by atoms with Crippen molar-refractivity contribution >= 4 is 17.3 Å². The van der Waals surface area contributed by atoms with E-state index in [2.05, 4.69) is 10.5 Å². The third kappa shape index (κ3) is 2.40. The molecule has 1 amide bonds. The van der Waals surface area contributed by atoms with E-state index in [1.807, 2.05) is 0 Å². The fourth-order valence-electron chi connectivity index (χ4n) is 1.53. The molecule has 0 fully saturated rings. The fraction of sp³-hybridized carbons (Fsp3) is 0. The van der Waals surface area contributed by atoms with Gasteiger partial charge in [0.25, 0.3) is 5.91 Å². The maximum absolute atomic E-state index is 13.5. The van der Waals surface area contributed by atoms with Crippen LogP contribution in [0.1, 0.15) is 10.4 Å². The third-order valence-corrected chi connectivity index (χ3v) is 2.35. The Bertz CT molecular complexity index is 585. The Morgan fingerprint density at radius 1 is 1.06 bits per heavy atom. The molecule has 90 valence electrons. The van der Waals surface area contributed by atoms with Gasteiger partial charge in [-0.1, -0.05) is 24.3 Å². The van der Waals surface area contributed by atoms with Crippen LogP contribution < -0.4 is 5.32 Å². The number of halogens is 1. The van der Waals surface area contributed by atoms with Gasteiger partial charge in [0.2, 0.25) is 0 Å². The number of rotatable bonds is 3. The number of anilines is 1. The number of benzene rings is 2. The fourth-order valence-corrected chi connectivity index (χ4v) is 1.53. The quantitative estimate of drug-likeness (QED) is 0.840. The smallest absolute Gasteiger partial charge is 0.260 e. The number of hydrogen-bond acceptors (Lipinski definition) is 3. The van der Waals surface area contributed by atoms with Gasteiger partial charge < -0.3 is 5.32 Å². The van der Waals surface area contributed by atoms with Crippen molar-refractivity contribution in [3.05, 3.63) is 64.8 Å². The van der Waals surface area contributed by atoms with Crippen LogP contribution in [0.25, 0.3) is 0 Å². The summed E-state index contributed by atoms with van der Waals surface area (Å²) in [5.74, 6) is -1.48. The van der Waals surface area contributed by atoms with E-state index in [0.29, 0.717) is 5.69 Å². The van der Waals surface area contributed by atoms with Gasteiger partial charge in [-0.15, -0.1) is 4.91 Å². The molecule has 2 rings (SSSR count). The molecule has 0 radical (unpaired) electrons. The van der Waals surface area contributed by atoms with Gasteiger partial charge in [0, 0.05) is 5.69 Å². The highest BCUT2D eigenvalue weighted by Gasteiger charge is 2.17. The van der Waals surface area contributed by atoms with Crippen molar-refractivity contribution in [3.8, 4) is 0 Å². The Labute approximate surface area is 102 Å². The second-order valence-electron chi connectivity index (χ2n) is 3.55. The van der Waals surface area contributed by atoms with Gasteiger partial charge in [0.15, 0.2) is 0 Å². The van der Waals surface area contributed by atoms with E-state index in [0.717, 1.165) is 6.07 Å². The van der Waals surface area contributed by atoms with Crippen molar-refractivity contribution < 1.29 is 9.18 Å². The molecule has 2 aromatic rings. The SMILES string of the molecule is O=Nc1cccc(F)c1C(=O)Nc1ccccc1. The first-order chi connectivity index (χ1) is 8.72. The van der Waals surface area contributed by atoms with Crippen molar-refractivity contribution in [3.63, 3.8) is 0 Å². The van der Waals surface area contributed by atoms with Gasteiger partial charge in [-0.3, -0.25) is 4.79 Å². The summed E-state index contributed by atoms with van der Waals surface area (Å²) in [6, 6.07) is 12.3. The lowest BCUT2D eigenvalue weighted by atomic mass is 10.1. The molecular formula is C13H9FN2O2. The van der Waals surface area contributed by atoms with Crippen molar-refractivity contribution in [2.24, 2.45) is 5.18 Å². The van der Waals surface area contributed by atoms with Gasteiger partial charge in [0.05, 0.1) is 0 Å². The number of nitrogens with zero attached hydrogens (tertiary/aromatic N) is 1. The molecule has 0 bridgehead atoms. The van der Waals surface area contributed by atoms with Gasteiger partial charge in [-0.25, -0.2) is 4.39 Å². The largest absolute Gasteiger partial charge is 0.322 e. The molecule has 0 saturated carbocycles. The number of amides is 1. The Kier molecular flexibility index (Phi) is 3.43. The van der Waals surface area contributed by atoms with Crippen LogP contribution in [0.5, 0.6) is 0 Å². The lowest BCUT2D eigenvalue weighted by molar-refractivity contribution is 0.102. The second-order valence-corrected chi connectivity index (χ2v) is 3.55. The second kappa shape index (κ2) is 5.18. The molecule has 18 heavy (non-hydrogen) atoms. The van der Waals surface area contributed by atoms with Crippen LogP contribution in [0, 0.1) is 10.7 Å². The lowest BCUT2D eigenvalue weighted by Gasteiger charge is -2.06. The van der Waals surface area contributed by atoms with E-state index in [9.17, 15) is 14.1 Å². The van der Waals surface area contributed by atoms with Gasteiger partial charge in [-0.05, 0) is 29.4 Å². The minimum atomic E-state index is -0.777. The van der Waals surface area contributed by atoms with Crippen LogP contribution in [0.4, 0.5) is 15.8 Å². The molecule has 0 atom stereocenters. The van der Waals surface area contributed by atoms with Gasteiger partial charge in [0.1, 0.15) is 17.1 Å². The molecule has 0 unspecified atom stereocenters. The zero-order chi connectivity index (χ0) is 13.0. The molecule has 0 saturated heterocycles. The molecule has 0 aliphatic carbocycles. The summed E-state index contributed by atoms with van der Waals surface area (Å²) < 4.78 is 13.5. The Balaban J connectivity index is 2.32. The molecular weight excluding hydrogens is 235 g/mol. The van der Waals surface area contributed by atoms with Gasteiger partial charge >= 0.3 is 0 Å². The van der Waals surface area contributed by atoms with Crippen molar-refractivity contribution in [1.29, 1.82) is 0 Å².